The summed E-state index contributed by atoms with van der Waals surface area (Å²) in [6.07, 6.45) is 1.87. The maximum atomic E-state index is 12.2. The van der Waals surface area contributed by atoms with Gasteiger partial charge in [0.15, 0.2) is 17.3 Å². The Balaban J connectivity index is 1.30. The molecule has 0 bridgehead atoms. The molecule has 0 aliphatic carbocycles. The molecule has 1 aliphatic heterocycles. The molecule has 3 aromatic rings. The van der Waals surface area contributed by atoms with Gasteiger partial charge in [0, 0.05) is 18.8 Å². The number of rotatable bonds is 7. The number of nitrogens with zero attached hydrogens (tertiary/aromatic N) is 2. The maximum Gasteiger partial charge on any atom is 0.287 e. The van der Waals surface area contributed by atoms with Gasteiger partial charge < -0.3 is 23.9 Å². The van der Waals surface area contributed by atoms with Crippen LogP contribution in [-0.4, -0.2) is 22.5 Å². The fourth-order valence-electron chi connectivity index (χ4n) is 2.63. The highest BCUT2D eigenvalue weighted by Gasteiger charge is 2.15. The highest BCUT2D eigenvalue weighted by Crippen LogP contribution is 2.35. The Hall–Kier alpha value is -3.42. The van der Waals surface area contributed by atoms with Gasteiger partial charge in [-0.05, 0) is 37.3 Å². The Labute approximate surface area is 155 Å². The van der Waals surface area contributed by atoms with Crippen LogP contribution in [0.2, 0.25) is 0 Å². The van der Waals surface area contributed by atoms with E-state index in [-0.39, 0.29) is 25.1 Å². The Bertz CT molecular complexity index is 946. The highest BCUT2D eigenvalue weighted by atomic mass is 16.7. The zero-order chi connectivity index (χ0) is 18.6. The van der Waals surface area contributed by atoms with E-state index < -0.39 is 0 Å². The first-order valence-corrected chi connectivity index (χ1v) is 8.63. The third-order valence-corrected chi connectivity index (χ3v) is 4.06. The third-order valence-electron chi connectivity index (χ3n) is 4.06. The van der Waals surface area contributed by atoms with Crippen molar-refractivity contribution in [3.63, 3.8) is 0 Å². The van der Waals surface area contributed by atoms with Crippen molar-refractivity contribution in [3.8, 4) is 17.2 Å². The number of hydrogen-bond acceptors (Lipinski definition) is 6. The minimum absolute atomic E-state index is 0.202. The zero-order valence-electron chi connectivity index (χ0n) is 14.8. The molecule has 27 heavy (non-hydrogen) atoms. The Morgan fingerprint density at radius 3 is 2.96 bits per heavy atom. The topological polar surface area (TPSA) is 87.8 Å². The smallest absolute Gasteiger partial charge is 0.287 e. The van der Waals surface area contributed by atoms with Crippen LogP contribution in [0.5, 0.6) is 17.2 Å². The summed E-state index contributed by atoms with van der Waals surface area (Å²) in [6.45, 7) is 3.56. The lowest BCUT2D eigenvalue weighted by Gasteiger charge is -2.05. The van der Waals surface area contributed by atoms with E-state index in [1.54, 1.807) is 35.0 Å². The van der Waals surface area contributed by atoms with E-state index in [0.717, 1.165) is 12.2 Å². The number of hydrogen-bond donors (Lipinski definition) is 1. The second kappa shape index (κ2) is 7.45. The van der Waals surface area contributed by atoms with E-state index in [1.807, 2.05) is 19.2 Å². The van der Waals surface area contributed by atoms with Crippen LogP contribution in [0.25, 0.3) is 0 Å². The first-order valence-electron chi connectivity index (χ1n) is 8.63. The van der Waals surface area contributed by atoms with Gasteiger partial charge in [0.1, 0.15) is 18.1 Å². The molecule has 1 N–H and O–H groups in total. The Kier molecular flexibility index (Phi) is 4.69. The van der Waals surface area contributed by atoms with Gasteiger partial charge in [-0.15, -0.1) is 0 Å². The molecule has 3 heterocycles. The van der Waals surface area contributed by atoms with Crippen LogP contribution >= 0.6 is 0 Å². The van der Waals surface area contributed by atoms with Gasteiger partial charge in [0.25, 0.3) is 5.91 Å². The van der Waals surface area contributed by atoms with Crippen molar-refractivity contribution < 1.29 is 23.4 Å². The molecule has 140 valence electrons. The summed E-state index contributed by atoms with van der Waals surface area (Å²) in [5.41, 5.74) is 0.795. The fraction of sp³-hybridized carbons (Fsp3) is 0.263. The zero-order valence-corrected chi connectivity index (χ0v) is 14.8. The lowest BCUT2D eigenvalue weighted by Crippen LogP contribution is -2.22. The molecule has 8 heteroatoms. The molecular formula is C19H19N3O5. The van der Waals surface area contributed by atoms with Crippen LogP contribution in [0.4, 0.5) is 0 Å². The van der Waals surface area contributed by atoms with Crippen LogP contribution in [-0.2, 0) is 19.7 Å². The summed E-state index contributed by atoms with van der Waals surface area (Å²) < 4.78 is 23.6. The molecular weight excluding hydrogens is 350 g/mol. The van der Waals surface area contributed by atoms with Crippen molar-refractivity contribution >= 4 is 5.91 Å². The van der Waals surface area contributed by atoms with Gasteiger partial charge in [-0.3, -0.25) is 9.48 Å². The number of carbonyl (C=O) groups excluding carboxylic acids is 1. The highest BCUT2D eigenvalue weighted by molar-refractivity contribution is 5.91. The molecule has 1 aromatic carbocycles. The van der Waals surface area contributed by atoms with E-state index in [1.165, 1.54) is 0 Å². The minimum atomic E-state index is -0.296. The van der Waals surface area contributed by atoms with Crippen LogP contribution in [0.3, 0.4) is 0 Å². The van der Waals surface area contributed by atoms with Gasteiger partial charge in [-0.25, -0.2) is 0 Å². The maximum absolute atomic E-state index is 12.2. The van der Waals surface area contributed by atoms with E-state index in [0.29, 0.717) is 29.6 Å². The van der Waals surface area contributed by atoms with E-state index in [9.17, 15) is 4.79 Å². The predicted molar refractivity (Wildman–Crippen MR) is 94.7 cm³/mol. The SMILES string of the molecule is CCn1ccc(CNC(=O)c2ccc(COc3ccc4c(c3)OCO4)o2)n1. The van der Waals surface area contributed by atoms with Gasteiger partial charge in [-0.2, -0.15) is 5.10 Å². The summed E-state index contributed by atoms with van der Waals surface area (Å²) in [7, 11) is 0. The summed E-state index contributed by atoms with van der Waals surface area (Å²) in [4.78, 5) is 12.2. The quantitative estimate of drug-likeness (QED) is 0.689. The summed E-state index contributed by atoms with van der Waals surface area (Å²) in [6, 6.07) is 10.6. The molecule has 1 aliphatic rings. The first-order chi connectivity index (χ1) is 13.2. The van der Waals surface area contributed by atoms with Crippen LogP contribution < -0.4 is 19.5 Å². The number of ether oxygens (including phenoxy) is 3. The standard InChI is InChI=1S/C19H19N3O5/c1-2-22-8-7-13(21-22)10-20-19(23)17-6-4-15(27-17)11-24-14-3-5-16-18(9-14)26-12-25-16/h3-9H,2,10-12H2,1H3,(H,20,23). The Morgan fingerprint density at radius 1 is 1.22 bits per heavy atom. The van der Waals surface area contributed by atoms with Gasteiger partial charge in [0.2, 0.25) is 6.79 Å². The average Bonchev–Trinajstić information content (AvgIpc) is 3.44. The number of nitrogens with one attached hydrogen (secondary N) is 1. The van der Waals surface area contributed by atoms with Crippen molar-refractivity contribution in [2.24, 2.45) is 0 Å². The molecule has 2 aromatic heterocycles. The molecule has 0 saturated carbocycles. The van der Waals surface area contributed by atoms with E-state index >= 15 is 0 Å². The minimum Gasteiger partial charge on any atom is -0.486 e. The second-order valence-electron chi connectivity index (χ2n) is 5.92. The van der Waals surface area contributed by atoms with Gasteiger partial charge >= 0.3 is 0 Å². The molecule has 0 unspecified atom stereocenters. The van der Waals surface area contributed by atoms with Crippen LogP contribution in [0.15, 0.2) is 47.0 Å². The second-order valence-corrected chi connectivity index (χ2v) is 5.92. The van der Waals surface area contributed by atoms with Crippen LogP contribution in [0, 0.1) is 0 Å². The van der Waals surface area contributed by atoms with Crippen molar-refractivity contribution in [3.05, 3.63) is 59.8 Å². The van der Waals surface area contributed by atoms with Crippen molar-refractivity contribution in [2.45, 2.75) is 26.6 Å². The Morgan fingerprint density at radius 2 is 2.11 bits per heavy atom. The summed E-state index contributed by atoms with van der Waals surface area (Å²) >= 11 is 0. The third kappa shape index (κ3) is 3.89. The molecule has 1 amide bonds. The fourth-order valence-corrected chi connectivity index (χ4v) is 2.63. The summed E-state index contributed by atoms with van der Waals surface area (Å²) in [5.74, 6) is 2.46. The molecule has 0 fully saturated rings. The molecule has 0 spiro atoms. The number of aromatic nitrogens is 2. The number of furan rings is 1. The molecule has 0 saturated heterocycles. The van der Waals surface area contributed by atoms with Crippen molar-refractivity contribution in [2.75, 3.05) is 6.79 Å². The number of amides is 1. The number of carbonyl (C=O) groups is 1. The predicted octanol–water partition coefficient (Wildman–Crippen LogP) is 2.73. The van der Waals surface area contributed by atoms with Gasteiger partial charge in [0.05, 0.1) is 12.2 Å². The van der Waals surface area contributed by atoms with E-state index in [4.69, 9.17) is 18.6 Å². The molecule has 8 nitrogen and oxygen atoms in total. The van der Waals surface area contributed by atoms with Crippen molar-refractivity contribution in [1.82, 2.24) is 15.1 Å². The van der Waals surface area contributed by atoms with E-state index in [2.05, 4.69) is 10.4 Å². The van der Waals surface area contributed by atoms with Crippen molar-refractivity contribution in [1.29, 1.82) is 0 Å². The van der Waals surface area contributed by atoms with Crippen LogP contribution in [0.1, 0.15) is 28.9 Å². The number of aryl methyl sites for hydroxylation is 1. The average molecular weight is 369 g/mol. The monoisotopic (exact) mass is 369 g/mol. The normalized spacial score (nSPS) is 12.2. The molecule has 0 atom stereocenters. The first kappa shape index (κ1) is 17.0. The number of fused-ring (bicyclic) bond motifs is 1. The van der Waals surface area contributed by atoms with Gasteiger partial charge in [-0.1, -0.05) is 0 Å². The largest absolute Gasteiger partial charge is 0.486 e. The number of benzene rings is 1. The lowest BCUT2D eigenvalue weighted by atomic mass is 10.3. The summed E-state index contributed by atoms with van der Waals surface area (Å²) in [5, 5.41) is 7.11. The molecule has 4 rings (SSSR count). The lowest BCUT2D eigenvalue weighted by molar-refractivity contribution is 0.0918. The molecule has 0 radical (unpaired) electrons.